The molecule has 0 saturated carbocycles. The van der Waals surface area contributed by atoms with Crippen LogP contribution in [0.15, 0.2) is 18.2 Å². The standard InChI is InChI=1S/C9H9NO3/c11-6-9-3-1-2-8(10-9)4-5-13-7-12/h1-3,6-7H,4-5H2. The van der Waals surface area contributed by atoms with E-state index in [1.54, 1.807) is 18.2 Å². The highest BCUT2D eigenvalue weighted by atomic mass is 16.5. The molecular formula is C9H9NO3. The highest BCUT2D eigenvalue weighted by Gasteiger charge is 1.96. The molecule has 0 aliphatic rings. The van der Waals surface area contributed by atoms with Crippen LogP contribution in [0.2, 0.25) is 0 Å². The molecule has 1 heterocycles. The minimum absolute atomic E-state index is 0.290. The van der Waals surface area contributed by atoms with Gasteiger partial charge in [0.05, 0.1) is 6.61 Å². The number of carbonyl (C=O) groups is 2. The van der Waals surface area contributed by atoms with E-state index in [2.05, 4.69) is 9.72 Å². The third-order valence-electron chi connectivity index (χ3n) is 1.49. The zero-order valence-electron chi connectivity index (χ0n) is 6.97. The fraction of sp³-hybridized carbons (Fsp3) is 0.222. The van der Waals surface area contributed by atoms with Crippen molar-refractivity contribution in [3.05, 3.63) is 29.6 Å². The van der Waals surface area contributed by atoms with Gasteiger partial charge >= 0.3 is 0 Å². The summed E-state index contributed by atoms with van der Waals surface area (Å²) in [5.74, 6) is 0. The molecule has 0 bridgehead atoms. The molecule has 0 aliphatic carbocycles. The normalized spacial score (nSPS) is 9.23. The molecule has 4 nitrogen and oxygen atoms in total. The lowest BCUT2D eigenvalue weighted by atomic mass is 10.2. The number of hydrogen-bond donors (Lipinski definition) is 0. The van der Waals surface area contributed by atoms with Crippen LogP contribution in [0.1, 0.15) is 16.2 Å². The topological polar surface area (TPSA) is 56.3 Å². The molecule has 13 heavy (non-hydrogen) atoms. The van der Waals surface area contributed by atoms with Gasteiger partial charge in [0.2, 0.25) is 0 Å². The lowest BCUT2D eigenvalue weighted by Gasteiger charge is -1.99. The molecule has 0 radical (unpaired) electrons. The molecule has 1 aromatic heterocycles. The molecule has 0 N–H and O–H groups in total. The SMILES string of the molecule is O=COCCc1cccc(C=O)n1. The summed E-state index contributed by atoms with van der Waals surface area (Å²) in [5.41, 5.74) is 1.13. The Kier molecular flexibility index (Phi) is 3.63. The van der Waals surface area contributed by atoms with Gasteiger partial charge < -0.3 is 4.74 Å². The number of hydrogen-bond acceptors (Lipinski definition) is 4. The summed E-state index contributed by atoms with van der Waals surface area (Å²) < 4.78 is 4.50. The first-order chi connectivity index (χ1) is 6.36. The summed E-state index contributed by atoms with van der Waals surface area (Å²) in [6.45, 7) is 0.683. The maximum absolute atomic E-state index is 10.3. The van der Waals surface area contributed by atoms with E-state index in [0.29, 0.717) is 31.5 Å². The Morgan fingerprint density at radius 1 is 1.38 bits per heavy atom. The summed E-state index contributed by atoms with van der Waals surface area (Å²) in [7, 11) is 0. The average molecular weight is 179 g/mol. The number of carbonyl (C=O) groups excluding carboxylic acids is 2. The van der Waals surface area contributed by atoms with Crippen molar-refractivity contribution in [3.8, 4) is 0 Å². The molecule has 1 rings (SSSR count). The molecule has 1 aromatic rings. The zero-order chi connectivity index (χ0) is 9.52. The predicted molar refractivity (Wildman–Crippen MR) is 45.3 cm³/mol. The summed E-state index contributed by atoms with van der Waals surface area (Å²) in [4.78, 5) is 24.2. The first kappa shape index (κ1) is 9.38. The maximum Gasteiger partial charge on any atom is 0.293 e. The van der Waals surface area contributed by atoms with Gasteiger partial charge in [-0.05, 0) is 12.1 Å². The fourth-order valence-corrected chi connectivity index (χ4v) is 0.915. The first-order valence-electron chi connectivity index (χ1n) is 3.83. The van der Waals surface area contributed by atoms with Crippen molar-refractivity contribution in [1.82, 2.24) is 4.98 Å². The summed E-state index contributed by atoms with van der Waals surface area (Å²) in [6.07, 6.45) is 1.21. The van der Waals surface area contributed by atoms with E-state index in [1.165, 1.54) is 0 Å². The van der Waals surface area contributed by atoms with E-state index in [1.807, 2.05) is 0 Å². The van der Waals surface area contributed by atoms with Gasteiger partial charge in [-0.25, -0.2) is 4.98 Å². The minimum Gasteiger partial charge on any atom is -0.467 e. The van der Waals surface area contributed by atoms with Gasteiger partial charge in [-0.3, -0.25) is 9.59 Å². The van der Waals surface area contributed by atoms with Gasteiger partial charge in [0, 0.05) is 12.1 Å². The van der Waals surface area contributed by atoms with E-state index in [0.717, 1.165) is 5.69 Å². The Labute approximate surface area is 75.5 Å². The number of ether oxygens (including phenoxy) is 1. The molecule has 68 valence electrons. The lowest BCUT2D eigenvalue weighted by Crippen LogP contribution is -2.00. The van der Waals surface area contributed by atoms with E-state index < -0.39 is 0 Å². The van der Waals surface area contributed by atoms with E-state index >= 15 is 0 Å². The fourth-order valence-electron chi connectivity index (χ4n) is 0.915. The van der Waals surface area contributed by atoms with Crippen molar-refractivity contribution in [2.24, 2.45) is 0 Å². The van der Waals surface area contributed by atoms with E-state index in [4.69, 9.17) is 0 Å². The molecule has 0 spiro atoms. The average Bonchev–Trinajstić information content (AvgIpc) is 2.19. The molecule has 0 aliphatic heterocycles. The molecular weight excluding hydrogens is 170 g/mol. The van der Waals surface area contributed by atoms with Gasteiger partial charge in [0.25, 0.3) is 6.47 Å². The van der Waals surface area contributed by atoms with E-state index in [9.17, 15) is 9.59 Å². The summed E-state index contributed by atoms with van der Waals surface area (Å²) in [5, 5.41) is 0. The zero-order valence-corrected chi connectivity index (χ0v) is 6.97. The Morgan fingerprint density at radius 3 is 2.92 bits per heavy atom. The van der Waals surface area contributed by atoms with Crippen LogP contribution in [0.4, 0.5) is 0 Å². The largest absolute Gasteiger partial charge is 0.467 e. The van der Waals surface area contributed by atoms with Crippen LogP contribution in [0.3, 0.4) is 0 Å². The van der Waals surface area contributed by atoms with Crippen LogP contribution >= 0.6 is 0 Å². The highest BCUT2D eigenvalue weighted by Crippen LogP contribution is 1.98. The second kappa shape index (κ2) is 5.03. The smallest absolute Gasteiger partial charge is 0.293 e. The third kappa shape index (κ3) is 3.02. The monoisotopic (exact) mass is 179 g/mol. The van der Waals surface area contributed by atoms with Crippen molar-refractivity contribution in [3.63, 3.8) is 0 Å². The number of nitrogens with zero attached hydrogens (tertiary/aromatic N) is 1. The van der Waals surface area contributed by atoms with E-state index in [-0.39, 0.29) is 0 Å². The van der Waals surface area contributed by atoms with Crippen molar-refractivity contribution in [2.45, 2.75) is 6.42 Å². The van der Waals surface area contributed by atoms with Gasteiger partial charge in [-0.2, -0.15) is 0 Å². The second-order valence-electron chi connectivity index (χ2n) is 2.39. The van der Waals surface area contributed by atoms with Crippen molar-refractivity contribution < 1.29 is 14.3 Å². The summed E-state index contributed by atoms with van der Waals surface area (Å²) in [6, 6.07) is 5.14. The number of aldehydes is 1. The Hall–Kier alpha value is -1.71. The molecule has 0 saturated heterocycles. The maximum atomic E-state index is 10.3. The number of rotatable bonds is 5. The third-order valence-corrected chi connectivity index (χ3v) is 1.49. The van der Waals surface area contributed by atoms with Crippen LogP contribution in [0.5, 0.6) is 0 Å². The number of aromatic nitrogens is 1. The van der Waals surface area contributed by atoms with Crippen LogP contribution in [-0.2, 0) is 16.0 Å². The second-order valence-corrected chi connectivity index (χ2v) is 2.39. The molecule has 0 fully saturated rings. The van der Waals surface area contributed by atoms with Crippen molar-refractivity contribution in [2.75, 3.05) is 6.61 Å². The Balaban J connectivity index is 2.55. The van der Waals surface area contributed by atoms with Crippen LogP contribution in [-0.4, -0.2) is 24.3 Å². The summed E-state index contributed by atoms with van der Waals surface area (Å²) >= 11 is 0. The van der Waals surface area contributed by atoms with Crippen molar-refractivity contribution >= 4 is 12.8 Å². The quantitative estimate of drug-likeness (QED) is 0.491. The minimum atomic E-state index is 0.290. The number of pyridine rings is 1. The molecule has 0 atom stereocenters. The Bertz CT molecular complexity index is 299. The van der Waals surface area contributed by atoms with Crippen molar-refractivity contribution in [1.29, 1.82) is 0 Å². The van der Waals surface area contributed by atoms with Crippen LogP contribution in [0, 0.1) is 0 Å². The Morgan fingerprint density at radius 2 is 2.23 bits per heavy atom. The van der Waals surface area contributed by atoms with Gasteiger partial charge in [-0.1, -0.05) is 6.07 Å². The molecule has 0 amide bonds. The van der Waals surface area contributed by atoms with Crippen LogP contribution < -0.4 is 0 Å². The lowest BCUT2D eigenvalue weighted by molar-refractivity contribution is -0.128. The van der Waals surface area contributed by atoms with Gasteiger partial charge in [0.15, 0.2) is 6.29 Å². The molecule has 4 heteroatoms. The first-order valence-corrected chi connectivity index (χ1v) is 3.83. The molecule has 0 aromatic carbocycles. The predicted octanol–water partition coefficient (Wildman–Crippen LogP) is 0.610. The van der Waals surface area contributed by atoms with Crippen LogP contribution in [0.25, 0.3) is 0 Å². The van der Waals surface area contributed by atoms with Gasteiger partial charge in [0.1, 0.15) is 5.69 Å². The van der Waals surface area contributed by atoms with Gasteiger partial charge in [-0.15, -0.1) is 0 Å². The molecule has 0 unspecified atom stereocenters. The highest BCUT2D eigenvalue weighted by molar-refractivity contribution is 5.71.